The number of nitrogens with zero attached hydrogens (tertiary/aromatic N) is 3. The first kappa shape index (κ1) is 14.0. The number of amides is 1. The van der Waals surface area contributed by atoms with Crippen LogP contribution in [0.2, 0.25) is 0 Å². The molecule has 0 aliphatic rings. The monoisotopic (exact) mass is 392 g/mol. The Bertz CT molecular complexity index is 841. The van der Waals surface area contributed by atoms with Crippen LogP contribution in [0.25, 0.3) is 11.0 Å². The van der Waals surface area contributed by atoms with Crippen molar-refractivity contribution in [1.82, 2.24) is 14.8 Å². The normalized spacial score (nSPS) is 10.8. The number of carbonyl (C=O) groups is 1. The van der Waals surface area contributed by atoms with Crippen molar-refractivity contribution in [1.29, 1.82) is 0 Å². The van der Waals surface area contributed by atoms with E-state index in [0.29, 0.717) is 5.56 Å². The molecule has 0 saturated heterocycles. The highest BCUT2D eigenvalue weighted by Crippen LogP contribution is 2.18. The van der Waals surface area contributed by atoms with Gasteiger partial charge in [0, 0.05) is 27.9 Å². The Morgan fingerprint density at radius 2 is 2.14 bits per heavy atom. The van der Waals surface area contributed by atoms with Gasteiger partial charge in [0.05, 0.1) is 11.3 Å². The summed E-state index contributed by atoms with van der Waals surface area (Å²) >= 11 is 2.21. The van der Waals surface area contributed by atoms with Crippen LogP contribution in [0.4, 0.5) is 5.69 Å². The molecule has 0 atom stereocenters. The lowest BCUT2D eigenvalue weighted by molar-refractivity contribution is 0.102. The van der Waals surface area contributed by atoms with Gasteiger partial charge in [0.15, 0.2) is 5.65 Å². The third-order valence-corrected chi connectivity index (χ3v) is 3.88. The van der Waals surface area contributed by atoms with E-state index in [9.17, 15) is 4.79 Å². The second kappa shape index (κ2) is 5.44. The van der Waals surface area contributed by atoms with Gasteiger partial charge in [-0.05, 0) is 53.8 Å². The highest BCUT2D eigenvalue weighted by molar-refractivity contribution is 14.1. The fourth-order valence-corrected chi connectivity index (χ4v) is 2.74. The van der Waals surface area contributed by atoms with Gasteiger partial charge in [0.1, 0.15) is 0 Å². The summed E-state index contributed by atoms with van der Waals surface area (Å²) in [5.41, 5.74) is 2.94. The van der Waals surface area contributed by atoms with E-state index < -0.39 is 0 Å². The lowest BCUT2D eigenvalue weighted by Gasteiger charge is -2.05. The van der Waals surface area contributed by atoms with Gasteiger partial charge in [-0.1, -0.05) is 6.07 Å². The van der Waals surface area contributed by atoms with Crippen LogP contribution in [0.3, 0.4) is 0 Å². The van der Waals surface area contributed by atoms with E-state index in [0.717, 1.165) is 26.0 Å². The molecule has 0 fully saturated rings. The number of aromatic nitrogens is 3. The molecule has 2 aromatic heterocycles. The molecule has 0 aliphatic heterocycles. The van der Waals surface area contributed by atoms with Crippen LogP contribution in [-0.4, -0.2) is 20.7 Å². The Kier molecular flexibility index (Phi) is 3.62. The Morgan fingerprint density at radius 3 is 2.90 bits per heavy atom. The van der Waals surface area contributed by atoms with E-state index in [1.165, 1.54) is 0 Å². The standard InChI is InChI=1S/C15H13IN4O/c1-9-13-6-10(8-17-14(13)20(2)19-9)15(21)18-12-5-3-4-11(16)7-12/h3-8H,1-2H3,(H,18,21). The Labute approximate surface area is 135 Å². The van der Waals surface area contributed by atoms with Gasteiger partial charge in [-0.25, -0.2) is 4.98 Å². The van der Waals surface area contributed by atoms with Crippen LogP contribution in [0.5, 0.6) is 0 Å². The van der Waals surface area contributed by atoms with E-state index in [-0.39, 0.29) is 5.91 Å². The number of nitrogens with one attached hydrogen (secondary N) is 1. The molecule has 0 spiro atoms. The number of benzene rings is 1. The van der Waals surface area contributed by atoms with Crippen molar-refractivity contribution in [2.24, 2.45) is 7.05 Å². The quantitative estimate of drug-likeness (QED) is 0.682. The van der Waals surface area contributed by atoms with E-state index in [2.05, 4.69) is 38.0 Å². The van der Waals surface area contributed by atoms with Gasteiger partial charge in [0.25, 0.3) is 5.91 Å². The summed E-state index contributed by atoms with van der Waals surface area (Å²) < 4.78 is 2.79. The Balaban J connectivity index is 1.93. The summed E-state index contributed by atoms with van der Waals surface area (Å²) in [5.74, 6) is -0.172. The van der Waals surface area contributed by atoms with Crippen LogP contribution >= 0.6 is 22.6 Å². The predicted octanol–water partition coefficient (Wildman–Crippen LogP) is 3.13. The lowest BCUT2D eigenvalue weighted by atomic mass is 10.2. The van der Waals surface area contributed by atoms with E-state index in [4.69, 9.17) is 0 Å². The fraction of sp³-hybridized carbons (Fsp3) is 0.133. The smallest absolute Gasteiger partial charge is 0.257 e. The molecule has 1 aromatic carbocycles. The molecule has 5 nitrogen and oxygen atoms in total. The molecule has 6 heteroatoms. The zero-order valence-corrected chi connectivity index (χ0v) is 13.7. The molecule has 3 aromatic rings. The number of rotatable bonds is 2. The molecule has 0 radical (unpaired) electrons. The van der Waals surface area contributed by atoms with Crippen molar-refractivity contribution in [2.75, 3.05) is 5.32 Å². The van der Waals surface area contributed by atoms with E-state index >= 15 is 0 Å². The summed E-state index contributed by atoms with van der Waals surface area (Å²) in [6.45, 7) is 1.91. The van der Waals surface area contributed by atoms with Crippen LogP contribution in [0, 0.1) is 10.5 Å². The Morgan fingerprint density at radius 1 is 1.33 bits per heavy atom. The minimum atomic E-state index is -0.172. The number of hydrogen-bond acceptors (Lipinski definition) is 3. The summed E-state index contributed by atoms with van der Waals surface area (Å²) in [6.07, 6.45) is 1.58. The van der Waals surface area contributed by atoms with Crippen LogP contribution in [-0.2, 0) is 7.05 Å². The van der Waals surface area contributed by atoms with Gasteiger partial charge in [-0.2, -0.15) is 5.10 Å². The molecule has 21 heavy (non-hydrogen) atoms. The zero-order chi connectivity index (χ0) is 15.0. The average molecular weight is 392 g/mol. The Hall–Kier alpha value is -1.96. The maximum atomic E-state index is 12.3. The number of halogens is 1. The molecule has 0 aliphatic carbocycles. The minimum Gasteiger partial charge on any atom is -0.322 e. The highest BCUT2D eigenvalue weighted by Gasteiger charge is 2.12. The molecule has 2 heterocycles. The fourth-order valence-electron chi connectivity index (χ4n) is 2.20. The third kappa shape index (κ3) is 2.76. The van der Waals surface area contributed by atoms with Crippen molar-refractivity contribution < 1.29 is 4.79 Å². The second-order valence-corrected chi connectivity index (χ2v) is 6.01. The second-order valence-electron chi connectivity index (χ2n) is 4.77. The maximum absolute atomic E-state index is 12.3. The molecule has 3 rings (SSSR count). The summed E-state index contributed by atoms with van der Waals surface area (Å²) in [6, 6.07) is 9.49. The highest BCUT2D eigenvalue weighted by atomic mass is 127. The van der Waals surface area contributed by atoms with Gasteiger partial charge >= 0.3 is 0 Å². The minimum absolute atomic E-state index is 0.172. The van der Waals surface area contributed by atoms with Crippen molar-refractivity contribution in [2.45, 2.75) is 6.92 Å². The molecule has 106 valence electrons. The molecular weight excluding hydrogens is 379 g/mol. The van der Waals surface area contributed by atoms with Crippen molar-refractivity contribution in [3.8, 4) is 0 Å². The van der Waals surface area contributed by atoms with Gasteiger partial charge in [-0.3, -0.25) is 9.48 Å². The van der Waals surface area contributed by atoms with Crippen LogP contribution in [0.15, 0.2) is 36.5 Å². The lowest BCUT2D eigenvalue weighted by Crippen LogP contribution is -2.12. The first-order chi connectivity index (χ1) is 10.0. The number of carbonyl (C=O) groups excluding carboxylic acids is 1. The average Bonchev–Trinajstić information content (AvgIpc) is 2.73. The van der Waals surface area contributed by atoms with Crippen LogP contribution in [0.1, 0.15) is 16.1 Å². The predicted molar refractivity (Wildman–Crippen MR) is 90.4 cm³/mol. The maximum Gasteiger partial charge on any atom is 0.257 e. The topological polar surface area (TPSA) is 59.8 Å². The summed E-state index contributed by atoms with van der Waals surface area (Å²) in [5, 5.41) is 8.08. The summed E-state index contributed by atoms with van der Waals surface area (Å²) in [7, 11) is 1.84. The largest absolute Gasteiger partial charge is 0.322 e. The summed E-state index contributed by atoms with van der Waals surface area (Å²) in [4.78, 5) is 16.6. The number of hydrogen-bond donors (Lipinski definition) is 1. The number of aryl methyl sites for hydroxylation is 2. The molecule has 1 N–H and O–H groups in total. The number of anilines is 1. The molecule has 0 bridgehead atoms. The van der Waals surface area contributed by atoms with Crippen LogP contribution < -0.4 is 5.32 Å². The first-order valence-electron chi connectivity index (χ1n) is 6.41. The first-order valence-corrected chi connectivity index (χ1v) is 7.49. The molecule has 0 saturated carbocycles. The van der Waals surface area contributed by atoms with E-state index in [1.807, 2.05) is 44.3 Å². The van der Waals surface area contributed by atoms with Gasteiger partial charge in [0.2, 0.25) is 0 Å². The SMILES string of the molecule is Cc1nn(C)c2ncc(C(=O)Nc3cccc(I)c3)cc12. The van der Waals surface area contributed by atoms with Gasteiger partial charge < -0.3 is 5.32 Å². The zero-order valence-electron chi connectivity index (χ0n) is 11.6. The number of fused-ring (bicyclic) bond motifs is 1. The molecule has 0 unspecified atom stereocenters. The van der Waals surface area contributed by atoms with Crippen molar-refractivity contribution >= 4 is 45.2 Å². The van der Waals surface area contributed by atoms with E-state index in [1.54, 1.807) is 10.9 Å². The third-order valence-electron chi connectivity index (χ3n) is 3.21. The molecular formula is C15H13IN4O. The van der Waals surface area contributed by atoms with Crippen molar-refractivity contribution in [3.63, 3.8) is 0 Å². The van der Waals surface area contributed by atoms with Crippen molar-refractivity contribution in [3.05, 3.63) is 51.4 Å². The molecule has 1 amide bonds. The number of pyridine rings is 1. The van der Waals surface area contributed by atoms with Gasteiger partial charge in [-0.15, -0.1) is 0 Å².